The normalized spacial score (nSPS) is 23.8. The zero-order valence-electron chi connectivity index (χ0n) is 26.4. The monoisotopic (exact) mass is 635 g/mol. The minimum absolute atomic E-state index is 0.138. The van der Waals surface area contributed by atoms with Crippen molar-refractivity contribution < 1.29 is 22.7 Å². The molecule has 3 aromatic rings. The molecule has 1 aliphatic heterocycles. The molecule has 9 heteroatoms. The third-order valence-electron chi connectivity index (χ3n) is 10.6. The van der Waals surface area contributed by atoms with Gasteiger partial charge in [-0.3, -0.25) is 9.48 Å². The Morgan fingerprint density at radius 2 is 1.78 bits per heavy atom. The minimum Gasteiger partial charge on any atom is -0.481 e. The van der Waals surface area contributed by atoms with Gasteiger partial charge in [-0.2, -0.15) is 5.10 Å². The zero-order valence-corrected chi connectivity index (χ0v) is 27.3. The van der Waals surface area contributed by atoms with Crippen LogP contribution in [0.1, 0.15) is 86.2 Å². The first-order valence-corrected chi connectivity index (χ1v) is 18.5. The van der Waals surface area contributed by atoms with E-state index in [1.165, 1.54) is 18.0 Å². The highest BCUT2D eigenvalue weighted by Gasteiger charge is 2.43. The largest absolute Gasteiger partial charge is 0.481 e. The van der Waals surface area contributed by atoms with Gasteiger partial charge in [0.1, 0.15) is 5.82 Å². The zero-order chi connectivity index (χ0) is 31.7. The molecule has 242 valence electrons. The van der Waals surface area contributed by atoms with E-state index < -0.39 is 15.8 Å². The summed E-state index contributed by atoms with van der Waals surface area (Å²) in [6.07, 6.45) is 8.76. The van der Waals surface area contributed by atoms with E-state index in [9.17, 15) is 22.7 Å². The number of carbonyl (C=O) groups is 1. The van der Waals surface area contributed by atoms with E-state index >= 15 is 0 Å². The highest BCUT2D eigenvalue weighted by atomic mass is 32.2. The van der Waals surface area contributed by atoms with Gasteiger partial charge in [0.15, 0.2) is 9.84 Å². The third kappa shape index (κ3) is 7.68. The number of likely N-dealkylation sites (tertiary alicyclic amines) is 1. The van der Waals surface area contributed by atoms with Crippen LogP contribution < -0.4 is 0 Å². The average Bonchev–Trinajstić information content (AvgIpc) is 3.60. The summed E-state index contributed by atoms with van der Waals surface area (Å²) in [5, 5.41) is 15.0. The van der Waals surface area contributed by atoms with Gasteiger partial charge in [-0.15, -0.1) is 0 Å². The minimum atomic E-state index is -3.22. The van der Waals surface area contributed by atoms with Gasteiger partial charge in [0, 0.05) is 37.4 Å². The van der Waals surface area contributed by atoms with Gasteiger partial charge >= 0.3 is 5.97 Å². The summed E-state index contributed by atoms with van der Waals surface area (Å²) in [6, 6.07) is 16.3. The highest BCUT2D eigenvalue weighted by molar-refractivity contribution is 7.90. The summed E-state index contributed by atoms with van der Waals surface area (Å²) < 4.78 is 40.1. The summed E-state index contributed by atoms with van der Waals surface area (Å²) in [7, 11) is -3.22. The number of carboxylic acids is 1. The maximum absolute atomic E-state index is 14.3. The van der Waals surface area contributed by atoms with Crippen LogP contribution in [0.3, 0.4) is 0 Å². The van der Waals surface area contributed by atoms with Gasteiger partial charge in [-0.25, -0.2) is 12.8 Å². The van der Waals surface area contributed by atoms with Crippen LogP contribution in [0.15, 0.2) is 59.5 Å². The molecule has 2 aliphatic carbocycles. The molecule has 2 aromatic carbocycles. The number of sulfone groups is 1. The Kier molecular flexibility index (Phi) is 9.48. The van der Waals surface area contributed by atoms with Gasteiger partial charge < -0.3 is 10.0 Å². The molecule has 0 radical (unpaired) electrons. The number of halogens is 1. The van der Waals surface area contributed by atoms with Crippen LogP contribution in [0, 0.1) is 29.5 Å². The van der Waals surface area contributed by atoms with Crippen LogP contribution in [0.25, 0.3) is 0 Å². The Bertz CT molecular complexity index is 1590. The molecule has 1 aromatic heterocycles. The predicted octanol–water partition coefficient (Wildman–Crippen LogP) is 6.53. The molecule has 45 heavy (non-hydrogen) atoms. The second kappa shape index (κ2) is 13.4. The fourth-order valence-electron chi connectivity index (χ4n) is 8.01. The fourth-order valence-corrected chi connectivity index (χ4v) is 8.64. The number of aliphatic carboxylic acids is 1. The summed E-state index contributed by atoms with van der Waals surface area (Å²) in [5.74, 6) is 0.431. The SMILES string of the molecule is CCn1nc(Cc2ccc(S(C)(=O)=O)cc2)cc1C1CCN(CC2CC([C@H](CC3CC3)C(=O)O)CC2c2cccc(F)c2)CC1. The van der Waals surface area contributed by atoms with Crippen LogP contribution in [-0.4, -0.2) is 60.1 Å². The van der Waals surface area contributed by atoms with Crippen molar-refractivity contribution >= 4 is 15.8 Å². The molecule has 0 spiro atoms. The second-order valence-corrected chi connectivity index (χ2v) is 15.8. The lowest BCUT2D eigenvalue weighted by Crippen LogP contribution is -2.37. The Hall–Kier alpha value is -3.04. The number of rotatable bonds is 12. The van der Waals surface area contributed by atoms with Crippen molar-refractivity contribution in [3.8, 4) is 0 Å². The molecule has 0 bridgehead atoms. The number of hydrogen-bond donors (Lipinski definition) is 1. The molecule has 2 saturated carbocycles. The molecule has 1 N–H and O–H groups in total. The van der Waals surface area contributed by atoms with Gasteiger partial charge in [0.2, 0.25) is 0 Å². The lowest BCUT2D eigenvalue weighted by atomic mass is 9.85. The van der Waals surface area contributed by atoms with E-state index in [0.717, 1.165) is 87.9 Å². The smallest absolute Gasteiger partial charge is 0.306 e. The first kappa shape index (κ1) is 31.9. The maximum atomic E-state index is 14.3. The quantitative estimate of drug-likeness (QED) is 0.244. The molecule has 3 aliphatic rings. The Morgan fingerprint density at radius 3 is 2.40 bits per heavy atom. The van der Waals surface area contributed by atoms with Crippen LogP contribution >= 0.6 is 0 Å². The third-order valence-corrected chi connectivity index (χ3v) is 11.7. The van der Waals surface area contributed by atoms with E-state index in [2.05, 4.69) is 22.6 Å². The van der Waals surface area contributed by atoms with Crippen molar-refractivity contribution in [1.29, 1.82) is 0 Å². The summed E-state index contributed by atoms with van der Waals surface area (Å²) in [6.45, 7) is 5.79. The van der Waals surface area contributed by atoms with Crippen molar-refractivity contribution in [3.05, 3.63) is 82.9 Å². The number of aryl methyl sites for hydroxylation is 1. The number of nitrogens with zero attached hydrogens (tertiary/aromatic N) is 3. The van der Waals surface area contributed by atoms with Crippen LogP contribution in [0.2, 0.25) is 0 Å². The van der Waals surface area contributed by atoms with Crippen molar-refractivity contribution in [2.45, 2.75) is 81.6 Å². The highest BCUT2D eigenvalue weighted by Crippen LogP contribution is 2.49. The predicted molar refractivity (Wildman–Crippen MR) is 172 cm³/mol. The topological polar surface area (TPSA) is 92.5 Å². The van der Waals surface area contributed by atoms with E-state index in [4.69, 9.17) is 5.10 Å². The van der Waals surface area contributed by atoms with E-state index in [0.29, 0.717) is 29.1 Å². The number of piperidine rings is 1. The summed E-state index contributed by atoms with van der Waals surface area (Å²) >= 11 is 0. The molecule has 6 rings (SSSR count). The molecule has 0 amide bonds. The summed E-state index contributed by atoms with van der Waals surface area (Å²) in [5.41, 5.74) is 4.31. The molecular formula is C36H46FN3O4S. The van der Waals surface area contributed by atoms with Crippen molar-refractivity contribution in [1.82, 2.24) is 14.7 Å². The van der Waals surface area contributed by atoms with Crippen LogP contribution in [0.5, 0.6) is 0 Å². The Morgan fingerprint density at radius 1 is 1.04 bits per heavy atom. The van der Waals surface area contributed by atoms with E-state index in [-0.39, 0.29) is 23.6 Å². The molecule has 1 saturated heterocycles. The van der Waals surface area contributed by atoms with Gasteiger partial charge in [-0.1, -0.05) is 37.1 Å². The van der Waals surface area contributed by atoms with Crippen molar-refractivity contribution in [2.24, 2.45) is 23.7 Å². The van der Waals surface area contributed by atoms with Gasteiger partial charge in [0.05, 0.1) is 16.5 Å². The van der Waals surface area contributed by atoms with Crippen molar-refractivity contribution in [2.75, 3.05) is 25.9 Å². The second-order valence-electron chi connectivity index (χ2n) is 13.8. The van der Waals surface area contributed by atoms with Gasteiger partial charge in [0.25, 0.3) is 0 Å². The van der Waals surface area contributed by atoms with E-state index in [1.54, 1.807) is 24.3 Å². The van der Waals surface area contributed by atoms with E-state index in [1.807, 2.05) is 18.2 Å². The molecular weight excluding hydrogens is 589 g/mol. The molecule has 4 atom stereocenters. The number of carboxylic acid groups (broad SMARTS) is 1. The fraction of sp³-hybridized carbons (Fsp3) is 0.556. The molecule has 7 nitrogen and oxygen atoms in total. The average molecular weight is 636 g/mol. The standard InChI is InChI=1S/C36H46FN3O4S/c1-3-40-35(22-31(38-40)17-24-9-11-32(12-10-24)45(2,43)44)26-13-15-39(16-14-26)23-29-19-28(34(36(41)42)18-25-7-8-25)21-33(29)27-5-4-6-30(37)20-27/h4-6,9-12,20,22,25-26,28-29,33-34H,3,7-8,13-19,21,23H2,1-2H3,(H,41,42)/t28?,29?,33?,34-/m0/s1. The van der Waals surface area contributed by atoms with Crippen LogP contribution in [0.4, 0.5) is 4.39 Å². The Balaban J connectivity index is 1.11. The maximum Gasteiger partial charge on any atom is 0.306 e. The molecule has 3 fully saturated rings. The van der Waals surface area contributed by atoms with Crippen molar-refractivity contribution in [3.63, 3.8) is 0 Å². The Labute approximate surface area is 266 Å². The number of hydrogen-bond acceptors (Lipinski definition) is 5. The molecule has 3 unspecified atom stereocenters. The van der Waals surface area contributed by atoms with Gasteiger partial charge in [-0.05, 0) is 117 Å². The lowest BCUT2D eigenvalue weighted by molar-refractivity contribution is -0.144. The number of aromatic nitrogens is 2. The first-order chi connectivity index (χ1) is 21.6. The lowest BCUT2D eigenvalue weighted by Gasteiger charge is -2.35. The number of benzene rings is 2. The van der Waals surface area contributed by atoms with Crippen LogP contribution in [-0.2, 0) is 27.6 Å². The summed E-state index contributed by atoms with van der Waals surface area (Å²) in [4.78, 5) is 15.2. The molecule has 2 heterocycles. The first-order valence-electron chi connectivity index (χ1n) is 16.6.